The number of morpholine rings is 1. The molecule has 0 radical (unpaired) electrons. The van der Waals surface area contributed by atoms with Crippen LogP contribution in [-0.2, 0) is 14.8 Å². The molecule has 34 heavy (non-hydrogen) atoms. The highest BCUT2D eigenvalue weighted by molar-refractivity contribution is 8.14. The van der Waals surface area contributed by atoms with Crippen molar-refractivity contribution in [3.63, 3.8) is 0 Å². The molecule has 3 heterocycles. The summed E-state index contributed by atoms with van der Waals surface area (Å²) in [5, 5.41) is 12.7. The molecule has 1 aromatic heterocycles. The molecule has 2 aromatic carbocycles. The highest BCUT2D eigenvalue weighted by atomic mass is 32.2. The van der Waals surface area contributed by atoms with Crippen LogP contribution < -0.4 is 5.56 Å². The minimum atomic E-state index is -3.68. The number of benzene rings is 2. The number of thioether (sulfide) groups is 1. The van der Waals surface area contributed by atoms with Gasteiger partial charge in [0.15, 0.2) is 5.17 Å². The lowest BCUT2D eigenvalue weighted by Gasteiger charge is -2.26. The number of hydrogen-bond acceptors (Lipinski definition) is 8. The summed E-state index contributed by atoms with van der Waals surface area (Å²) in [5.41, 5.74) is 0.313. The number of aromatic nitrogens is 1. The fraction of sp³-hybridized carbons (Fsp3) is 0.261. The highest BCUT2D eigenvalue weighted by Gasteiger charge is 2.26. The van der Waals surface area contributed by atoms with Gasteiger partial charge in [-0.1, -0.05) is 30.0 Å². The third-order valence-corrected chi connectivity index (χ3v) is 8.47. The number of sulfonamides is 1. The first kappa shape index (κ1) is 22.8. The summed E-state index contributed by atoms with van der Waals surface area (Å²) < 4.78 is 33.6. The number of nitrogens with zero attached hydrogens (tertiary/aromatic N) is 4. The number of rotatable bonds is 4. The highest BCUT2D eigenvalue weighted by Crippen LogP contribution is 2.27. The smallest absolute Gasteiger partial charge is 0.265 e. The maximum atomic E-state index is 13.3. The van der Waals surface area contributed by atoms with Gasteiger partial charge in [-0.15, -0.1) is 0 Å². The van der Waals surface area contributed by atoms with Gasteiger partial charge in [0.05, 0.1) is 35.9 Å². The zero-order valence-corrected chi connectivity index (χ0v) is 19.8. The maximum absolute atomic E-state index is 13.3. The van der Waals surface area contributed by atoms with E-state index in [2.05, 4.69) is 9.98 Å². The Morgan fingerprint density at radius 2 is 1.76 bits per heavy atom. The molecule has 0 saturated carbocycles. The molecule has 176 valence electrons. The van der Waals surface area contributed by atoms with Gasteiger partial charge in [0.1, 0.15) is 0 Å². The minimum Gasteiger partial charge on any atom is -0.494 e. The Balaban J connectivity index is 1.59. The molecule has 0 atom stereocenters. The van der Waals surface area contributed by atoms with Gasteiger partial charge in [0.2, 0.25) is 15.9 Å². The SMILES string of the molecule is O=c1c2ccccc2c(C=NC2=NCCS2)c(O)n1-c1ccc(S(=O)(=O)N2CCOCC2)cc1. The second-order valence-electron chi connectivity index (χ2n) is 7.70. The normalized spacial score (nSPS) is 17.5. The number of fused-ring (bicyclic) bond motifs is 1. The summed E-state index contributed by atoms with van der Waals surface area (Å²) in [4.78, 5) is 22.1. The fourth-order valence-corrected chi connectivity index (χ4v) is 6.04. The van der Waals surface area contributed by atoms with Crippen LogP contribution in [0.25, 0.3) is 16.5 Å². The predicted octanol–water partition coefficient (Wildman–Crippen LogP) is 2.24. The van der Waals surface area contributed by atoms with Crippen LogP contribution in [0.15, 0.2) is 68.2 Å². The average molecular weight is 499 g/mol. The molecule has 0 aliphatic carbocycles. The van der Waals surface area contributed by atoms with Crippen molar-refractivity contribution in [2.24, 2.45) is 9.98 Å². The quantitative estimate of drug-likeness (QED) is 0.552. The van der Waals surface area contributed by atoms with Gasteiger partial charge in [-0.3, -0.25) is 9.79 Å². The molecular weight excluding hydrogens is 476 g/mol. The third kappa shape index (κ3) is 4.16. The van der Waals surface area contributed by atoms with Gasteiger partial charge in [0.25, 0.3) is 5.56 Å². The molecule has 11 heteroatoms. The molecule has 9 nitrogen and oxygen atoms in total. The van der Waals surface area contributed by atoms with E-state index in [1.54, 1.807) is 24.3 Å². The molecule has 0 amide bonds. The van der Waals surface area contributed by atoms with Gasteiger partial charge >= 0.3 is 0 Å². The molecule has 3 aromatic rings. The van der Waals surface area contributed by atoms with Crippen LogP contribution in [0.2, 0.25) is 0 Å². The van der Waals surface area contributed by atoms with Crippen molar-refractivity contribution in [2.45, 2.75) is 4.90 Å². The largest absolute Gasteiger partial charge is 0.494 e. The van der Waals surface area contributed by atoms with E-state index in [0.29, 0.717) is 60.0 Å². The van der Waals surface area contributed by atoms with Crippen LogP contribution in [0.4, 0.5) is 0 Å². The molecule has 1 fully saturated rings. The van der Waals surface area contributed by atoms with Gasteiger partial charge in [-0.05, 0) is 30.3 Å². The Kier molecular flexibility index (Phi) is 6.26. The lowest BCUT2D eigenvalue weighted by Crippen LogP contribution is -2.40. The first-order chi connectivity index (χ1) is 16.5. The van der Waals surface area contributed by atoms with Crippen molar-refractivity contribution in [2.75, 3.05) is 38.6 Å². The molecule has 1 N–H and O–H groups in total. The lowest BCUT2D eigenvalue weighted by molar-refractivity contribution is 0.0730. The minimum absolute atomic E-state index is 0.115. The van der Waals surface area contributed by atoms with Gasteiger partial charge < -0.3 is 9.84 Å². The van der Waals surface area contributed by atoms with Gasteiger partial charge in [-0.25, -0.2) is 18.0 Å². The number of hydrogen-bond donors (Lipinski definition) is 1. The van der Waals surface area contributed by atoms with Crippen LogP contribution in [-0.4, -0.2) is 72.4 Å². The van der Waals surface area contributed by atoms with Crippen molar-refractivity contribution in [3.05, 3.63) is 64.4 Å². The van der Waals surface area contributed by atoms with E-state index in [0.717, 1.165) is 5.75 Å². The molecule has 2 aliphatic heterocycles. The fourth-order valence-electron chi connectivity index (χ4n) is 3.95. The van der Waals surface area contributed by atoms with E-state index in [4.69, 9.17) is 4.74 Å². The van der Waals surface area contributed by atoms with Crippen molar-refractivity contribution in [1.29, 1.82) is 0 Å². The molecule has 0 unspecified atom stereocenters. The summed E-state index contributed by atoms with van der Waals surface area (Å²) in [5.74, 6) is 0.582. The molecular formula is C23H22N4O5S2. The van der Waals surface area contributed by atoms with Crippen LogP contribution in [0.5, 0.6) is 5.88 Å². The number of amidine groups is 1. The van der Waals surface area contributed by atoms with E-state index in [1.165, 1.54) is 51.1 Å². The van der Waals surface area contributed by atoms with Crippen LogP contribution >= 0.6 is 11.8 Å². The lowest BCUT2D eigenvalue weighted by atomic mass is 10.1. The van der Waals surface area contributed by atoms with Crippen LogP contribution in [0.1, 0.15) is 5.56 Å². The van der Waals surface area contributed by atoms with Crippen LogP contribution in [0, 0.1) is 0 Å². The van der Waals surface area contributed by atoms with E-state index in [-0.39, 0.29) is 10.8 Å². The Labute approximate surface area is 200 Å². The molecule has 0 bridgehead atoms. The van der Waals surface area contributed by atoms with Crippen molar-refractivity contribution >= 4 is 43.9 Å². The van der Waals surface area contributed by atoms with Gasteiger partial charge in [-0.2, -0.15) is 4.31 Å². The topological polar surface area (TPSA) is 114 Å². The Hall–Kier alpha value is -2.99. The maximum Gasteiger partial charge on any atom is 0.265 e. The molecule has 0 spiro atoms. The second-order valence-corrected chi connectivity index (χ2v) is 10.7. The molecule has 2 aliphatic rings. The van der Waals surface area contributed by atoms with E-state index < -0.39 is 15.6 Å². The van der Waals surface area contributed by atoms with E-state index >= 15 is 0 Å². The first-order valence-electron chi connectivity index (χ1n) is 10.7. The Morgan fingerprint density at radius 3 is 2.44 bits per heavy atom. The summed E-state index contributed by atoms with van der Waals surface area (Å²) in [6.45, 7) is 1.99. The van der Waals surface area contributed by atoms with Crippen molar-refractivity contribution in [1.82, 2.24) is 8.87 Å². The van der Waals surface area contributed by atoms with E-state index in [9.17, 15) is 18.3 Å². The number of pyridine rings is 1. The Morgan fingerprint density at radius 1 is 1.06 bits per heavy atom. The summed E-state index contributed by atoms with van der Waals surface area (Å²) in [6.07, 6.45) is 1.52. The van der Waals surface area contributed by atoms with Crippen molar-refractivity contribution < 1.29 is 18.3 Å². The summed E-state index contributed by atoms with van der Waals surface area (Å²) in [7, 11) is -3.68. The monoisotopic (exact) mass is 498 g/mol. The predicted molar refractivity (Wildman–Crippen MR) is 133 cm³/mol. The summed E-state index contributed by atoms with van der Waals surface area (Å²) >= 11 is 1.53. The van der Waals surface area contributed by atoms with E-state index in [1.807, 2.05) is 0 Å². The standard InChI is InChI=1S/C23H22N4O5S2/c28-21-19-4-2-1-3-18(19)20(15-25-23-24-9-14-33-23)22(29)27(21)16-5-7-17(8-6-16)34(30,31)26-10-12-32-13-11-26/h1-8,15,29H,9-14H2. The second kappa shape index (κ2) is 9.34. The zero-order valence-electron chi connectivity index (χ0n) is 18.1. The first-order valence-corrected chi connectivity index (χ1v) is 13.2. The number of aromatic hydroxyl groups is 1. The van der Waals surface area contributed by atoms with Gasteiger partial charge in [0, 0.05) is 35.8 Å². The van der Waals surface area contributed by atoms with Crippen LogP contribution in [0.3, 0.4) is 0 Å². The molecule has 1 saturated heterocycles. The number of aliphatic imine (C=N–C) groups is 2. The molecule has 5 rings (SSSR count). The zero-order chi connectivity index (χ0) is 23.7. The average Bonchev–Trinajstić information content (AvgIpc) is 3.39. The van der Waals surface area contributed by atoms with Crippen molar-refractivity contribution in [3.8, 4) is 11.6 Å². The third-order valence-electron chi connectivity index (χ3n) is 5.68. The number of ether oxygens (including phenoxy) is 1. The Bertz CT molecular complexity index is 1460. The summed E-state index contributed by atoms with van der Waals surface area (Å²) in [6, 6.07) is 12.9.